The predicted octanol–water partition coefficient (Wildman–Crippen LogP) is 11.5. The van der Waals surface area contributed by atoms with Gasteiger partial charge >= 0.3 is 5.97 Å². The quantitative estimate of drug-likeness (QED) is 0.111. The van der Waals surface area contributed by atoms with Crippen LogP contribution in [-0.2, 0) is 18.4 Å². The van der Waals surface area contributed by atoms with Gasteiger partial charge in [-0.3, -0.25) is 0 Å². The van der Waals surface area contributed by atoms with Crippen molar-refractivity contribution in [1.82, 2.24) is 0 Å². The summed E-state index contributed by atoms with van der Waals surface area (Å²) in [4.78, 5) is 11.8. The van der Waals surface area contributed by atoms with E-state index in [0.717, 1.165) is 12.0 Å². The maximum absolute atomic E-state index is 11.8. The maximum Gasteiger partial charge on any atom is 0.334 e. The van der Waals surface area contributed by atoms with Gasteiger partial charge in [0.2, 0.25) is 0 Å². The number of hydrogen-bond donors (Lipinski definition) is 0. The van der Waals surface area contributed by atoms with Gasteiger partial charge in [0, 0.05) is 17.9 Å². The van der Waals surface area contributed by atoms with Gasteiger partial charge in [-0.25, -0.2) is 4.79 Å². The maximum atomic E-state index is 11.8. The molecule has 3 aliphatic carbocycles. The Bertz CT molecular complexity index is 1290. The van der Waals surface area contributed by atoms with Gasteiger partial charge in [-0.15, -0.1) is 0 Å². The lowest BCUT2D eigenvalue weighted by Crippen LogP contribution is -2.53. The topological polar surface area (TPSA) is 44.8 Å². The zero-order valence-electron chi connectivity index (χ0n) is 32.3. The molecule has 1 aliphatic heterocycles. The van der Waals surface area contributed by atoms with E-state index in [1.165, 1.54) is 37.7 Å². The van der Waals surface area contributed by atoms with Crippen LogP contribution in [0.25, 0.3) is 0 Å². The summed E-state index contributed by atoms with van der Waals surface area (Å²) in [6.45, 7) is 39.3. The monoisotopic (exact) mass is 680 g/mol. The van der Waals surface area contributed by atoms with E-state index < -0.39 is 16.6 Å². The Morgan fingerprint density at radius 1 is 0.957 bits per heavy atom. The molecule has 0 spiro atoms. The molecule has 4 aliphatic rings. The molecule has 0 radical (unpaired) electrons. The molecule has 47 heavy (non-hydrogen) atoms. The first-order valence-corrected chi connectivity index (χ1v) is 24.3. The fraction of sp³-hybridized carbons (Fsp3) is 0.732. The lowest BCUT2D eigenvalue weighted by atomic mass is 9.61. The van der Waals surface area contributed by atoms with Crippen LogP contribution in [0.1, 0.15) is 107 Å². The molecule has 4 rings (SSSR count). The van der Waals surface area contributed by atoms with Gasteiger partial charge in [0.15, 0.2) is 16.6 Å². The molecule has 6 heteroatoms. The summed E-state index contributed by atoms with van der Waals surface area (Å²) in [7, 11) is -4.02. The Morgan fingerprint density at radius 2 is 1.57 bits per heavy atom. The van der Waals surface area contributed by atoms with Crippen LogP contribution >= 0.6 is 0 Å². The average Bonchev–Trinajstić information content (AvgIpc) is 3.47. The Kier molecular flexibility index (Phi) is 11.2. The third-order valence-electron chi connectivity index (χ3n) is 13.5. The first kappa shape index (κ1) is 38.3. The summed E-state index contributed by atoms with van der Waals surface area (Å²) < 4.78 is 19.9. The van der Waals surface area contributed by atoms with Crippen molar-refractivity contribution in [3.63, 3.8) is 0 Å². The Hall–Kier alpha value is -1.48. The van der Waals surface area contributed by atoms with E-state index in [-0.39, 0.29) is 45.7 Å². The second kappa shape index (κ2) is 13.7. The average molecular weight is 681 g/mol. The molecule has 0 aromatic rings. The molecule has 4 nitrogen and oxygen atoms in total. The van der Waals surface area contributed by atoms with Crippen LogP contribution in [-0.4, -0.2) is 40.9 Å². The van der Waals surface area contributed by atoms with Crippen molar-refractivity contribution < 1.29 is 18.4 Å². The summed E-state index contributed by atoms with van der Waals surface area (Å²) >= 11 is 0. The smallest absolute Gasteiger partial charge is 0.334 e. The first-order chi connectivity index (χ1) is 21.5. The number of esters is 1. The Labute approximate surface area is 290 Å². The molecule has 0 N–H and O–H groups in total. The third kappa shape index (κ3) is 7.97. The van der Waals surface area contributed by atoms with Crippen LogP contribution in [0, 0.1) is 29.1 Å². The first-order valence-electron chi connectivity index (χ1n) is 18.5. The predicted molar refractivity (Wildman–Crippen MR) is 203 cm³/mol. The molecule has 1 heterocycles. The van der Waals surface area contributed by atoms with E-state index in [1.807, 2.05) is 0 Å². The summed E-state index contributed by atoms with van der Waals surface area (Å²) in [6.07, 6.45) is 17.0. The van der Waals surface area contributed by atoms with Crippen molar-refractivity contribution in [3.05, 3.63) is 59.8 Å². The second-order valence-corrected chi connectivity index (χ2v) is 28.3. The largest absolute Gasteiger partial charge is 0.454 e. The number of rotatable bonds is 8. The van der Waals surface area contributed by atoms with Gasteiger partial charge in [-0.2, -0.15) is 0 Å². The van der Waals surface area contributed by atoms with Gasteiger partial charge in [-0.05, 0) is 115 Å². The second-order valence-electron chi connectivity index (χ2n) is 18.8. The van der Waals surface area contributed by atoms with E-state index in [2.05, 4.69) is 119 Å². The highest BCUT2D eigenvalue weighted by molar-refractivity contribution is 6.74. The molecule has 3 saturated carbocycles. The molecule has 0 aromatic carbocycles. The number of carbonyl (C=O) groups excluding carboxylic acids is 1. The lowest BCUT2D eigenvalue weighted by Gasteiger charge is -2.48. The van der Waals surface area contributed by atoms with Crippen LogP contribution < -0.4 is 0 Å². The van der Waals surface area contributed by atoms with E-state index in [9.17, 15) is 4.79 Å². The van der Waals surface area contributed by atoms with Gasteiger partial charge < -0.3 is 13.6 Å². The van der Waals surface area contributed by atoms with Crippen molar-refractivity contribution in [2.75, 3.05) is 0 Å². The SMILES string of the molecule is C=C1CC(/C=C/[C@@H](C)[C@H]2CC[C@H]3/C(=C/C=C4/C[C@@H](O[Si](C)(C)C(C)(C)C)[C@H](C)[C@H](O[Si](C)(C)C(C)(C)C)C4=C)CCC[C@]23C)OC1=O. The van der Waals surface area contributed by atoms with Crippen LogP contribution in [0.2, 0.25) is 36.3 Å². The number of allylic oxidation sites excluding steroid dienone is 4. The van der Waals surface area contributed by atoms with Crippen LogP contribution in [0.4, 0.5) is 0 Å². The summed E-state index contributed by atoms with van der Waals surface area (Å²) in [5.74, 6) is 1.67. The third-order valence-corrected chi connectivity index (χ3v) is 22.5. The molecule has 4 fully saturated rings. The number of ether oxygens (including phenoxy) is 1. The van der Waals surface area contributed by atoms with Gasteiger partial charge in [0.25, 0.3) is 0 Å². The number of hydrogen-bond acceptors (Lipinski definition) is 4. The fourth-order valence-corrected chi connectivity index (χ4v) is 11.0. The van der Waals surface area contributed by atoms with Crippen molar-refractivity contribution in [2.45, 2.75) is 162 Å². The zero-order valence-corrected chi connectivity index (χ0v) is 34.3. The van der Waals surface area contributed by atoms with Gasteiger partial charge in [0.1, 0.15) is 6.10 Å². The molecule has 1 saturated heterocycles. The highest BCUT2D eigenvalue weighted by atomic mass is 28.4. The summed E-state index contributed by atoms with van der Waals surface area (Å²) in [5.41, 5.74) is 4.95. The fourth-order valence-electron chi connectivity index (χ4n) is 8.26. The molecule has 0 aromatic heterocycles. The minimum Gasteiger partial charge on any atom is -0.454 e. The van der Waals surface area contributed by atoms with Crippen LogP contribution in [0.5, 0.6) is 0 Å². The molecule has 8 atom stereocenters. The molecular formula is C41H68O4Si2. The highest BCUT2D eigenvalue weighted by Gasteiger charge is 2.51. The Balaban J connectivity index is 1.60. The highest BCUT2D eigenvalue weighted by Crippen LogP contribution is 2.59. The summed E-state index contributed by atoms with van der Waals surface area (Å²) in [5, 5.41) is 0.275. The van der Waals surface area contributed by atoms with Crippen molar-refractivity contribution in [2.24, 2.45) is 29.1 Å². The minimum absolute atomic E-state index is 0.0273. The number of carbonyl (C=O) groups is 1. The van der Waals surface area contributed by atoms with E-state index >= 15 is 0 Å². The van der Waals surface area contributed by atoms with Crippen LogP contribution in [0.3, 0.4) is 0 Å². The molecule has 0 bridgehead atoms. The molecular weight excluding hydrogens is 613 g/mol. The van der Waals surface area contributed by atoms with Crippen LogP contribution in [0.15, 0.2) is 59.8 Å². The van der Waals surface area contributed by atoms with Crippen molar-refractivity contribution in [1.29, 1.82) is 0 Å². The Morgan fingerprint density at radius 3 is 2.15 bits per heavy atom. The van der Waals surface area contributed by atoms with E-state index in [1.54, 1.807) is 5.57 Å². The number of cyclic esters (lactones) is 1. The molecule has 264 valence electrons. The van der Waals surface area contributed by atoms with Crippen molar-refractivity contribution >= 4 is 22.6 Å². The summed E-state index contributed by atoms with van der Waals surface area (Å²) in [6, 6.07) is 0. The normalized spacial score (nSPS) is 35.2. The van der Waals surface area contributed by atoms with E-state index in [0.29, 0.717) is 29.7 Å². The van der Waals surface area contributed by atoms with E-state index in [4.69, 9.17) is 20.2 Å². The number of fused-ring (bicyclic) bond motifs is 1. The van der Waals surface area contributed by atoms with Gasteiger partial charge in [-0.1, -0.05) is 99.3 Å². The standard InChI is InChI=1S/C41H68O4Si2/c1-27(18-21-33-25-28(2)38(42)43-33)34-22-23-35-31(17-16-24-41(34,35)11)19-20-32-26-36(44-46(12,13)39(5,6)7)30(4)37(29(32)3)45-47(14,15)40(8,9)10/h18-21,27,30,33-37H,2-3,16-17,22-26H2,1,4-15H3/b21-18+,31-19+,32-20-/t27-,30+,33?,34-,35+,36-,37-,41-/m1/s1. The minimum atomic E-state index is -2.04. The molecule has 1 unspecified atom stereocenters. The zero-order chi connectivity index (χ0) is 35.3. The van der Waals surface area contributed by atoms with Gasteiger partial charge in [0.05, 0.1) is 12.2 Å². The molecule has 0 amide bonds. The lowest BCUT2D eigenvalue weighted by molar-refractivity contribution is -0.137. The van der Waals surface area contributed by atoms with Crippen molar-refractivity contribution in [3.8, 4) is 0 Å².